The van der Waals surface area contributed by atoms with Gasteiger partial charge in [-0.3, -0.25) is 4.79 Å². The molecule has 5 heteroatoms. The first kappa shape index (κ1) is 16.4. The number of nitrogens with one attached hydrogen (secondary N) is 1. The molecule has 3 nitrogen and oxygen atoms in total. The van der Waals surface area contributed by atoms with Crippen LogP contribution in [0, 0.1) is 5.41 Å². The highest BCUT2D eigenvalue weighted by Crippen LogP contribution is 2.37. The number of hydrogen-bond acceptors (Lipinski definition) is 2. The monoisotopic (exact) mass is 368 g/mol. The van der Waals surface area contributed by atoms with Crippen molar-refractivity contribution in [3.63, 3.8) is 0 Å². The van der Waals surface area contributed by atoms with E-state index in [1.54, 1.807) is 0 Å². The van der Waals surface area contributed by atoms with E-state index >= 15 is 0 Å². The van der Waals surface area contributed by atoms with Crippen molar-refractivity contribution >= 4 is 39.0 Å². The Labute approximate surface area is 139 Å². The average molecular weight is 369 g/mol. The number of amides is 1. The summed E-state index contributed by atoms with van der Waals surface area (Å²) in [5, 5.41) is 3.09. The van der Waals surface area contributed by atoms with E-state index < -0.39 is 5.41 Å². The van der Waals surface area contributed by atoms with Crippen molar-refractivity contribution in [3.8, 4) is 0 Å². The Morgan fingerprint density at radius 3 is 2.62 bits per heavy atom. The molecule has 0 aromatic heterocycles. The fraction of sp³-hybridized carbons (Fsp3) is 0.500. The first-order valence-electron chi connectivity index (χ1n) is 7.32. The summed E-state index contributed by atoms with van der Waals surface area (Å²) in [6, 6.07) is 7.88. The van der Waals surface area contributed by atoms with Gasteiger partial charge in [-0.2, -0.15) is 0 Å². The molecule has 1 saturated carbocycles. The van der Waals surface area contributed by atoms with Crippen LogP contribution in [0.4, 0.5) is 0 Å². The molecule has 1 amide bonds. The highest BCUT2D eigenvalue weighted by Gasteiger charge is 2.42. The van der Waals surface area contributed by atoms with Gasteiger partial charge in [0.1, 0.15) is 0 Å². The molecule has 0 radical (unpaired) electrons. The van der Waals surface area contributed by atoms with E-state index in [0.29, 0.717) is 4.99 Å². The molecule has 1 aromatic rings. The standard InChI is InChI=1S/C16H21BrN2OS/c1-11(12-6-5-7-13(17)10-12)19-15(20)16(14(18)21)8-3-2-4-9-16/h5-7,10-11H,2-4,8-9H2,1H3,(H2,18,21)(H,19,20). The first-order valence-corrected chi connectivity index (χ1v) is 8.52. The Hall–Kier alpha value is -0.940. The molecule has 1 aromatic carbocycles. The van der Waals surface area contributed by atoms with E-state index in [2.05, 4.69) is 21.2 Å². The molecule has 1 aliphatic rings. The van der Waals surface area contributed by atoms with Crippen LogP contribution in [-0.2, 0) is 4.79 Å². The molecule has 1 atom stereocenters. The number of carbonyl (C=O) groups is 1. The van der Waals surface area contributed by atoms with Gasteiger partial charge >= 0.3 is 0 Å². The minimum Gasteiger partial charge on any atom is -0.392 e. The maximum absolute atomic E-state index is 12.7. The van der Waals surface area contributed by atoms with Gasteiger partial charge in [0.15, 0.2) is 0 Å². The van der Waals surface area contributed by atoms with Crippen LogP contribution < -0.4 is 11.1 Å². The van der Waals surface area contributed by atoms with E-state index in [1.807, 2.05) is 31.2 Å². The molecule has 0 heterocycles. The maximum Gasteiger partial charge on any atom is 0.233 e. The van der Waals surface area contributed by atoms with Gasteiger partial charge in [0.05, 0.1) is 16.4 Å². The number of hydrogen-bond donors (Lipinski definition) is 2. The Kier molecular flexibility index (Phi) is 5.38. The second-order valence-corrected chi connectivity index (χ2v) is 7.11. The normalized spacial score (nSPS) is 18.8. The van der Waals surface area contributed by atoms with Crippen molar-refractivity contribution < 1.29 is 4.79 Å². The van der Waals surface area contributed by atoms with E-state index in [9.17, 15) is 4.79 Å². The van der Waals surface area contributed by atoms with Crippen molar-refractivity contribution in [2.45, 2.75) is 45.1 Å². The summed E-state index contributed by atoms with van der Waals surface area (Å²) in [4.78, 5) is 13.1. The number of nitrogens with two attached hydrogens (primary N) is 1. The third kappa shape index (κ3) is 3.64. The second kappa shape index (κ2) is 6.88. The fourth-order valence-electron chi connectivity index (χ4n) is 2.93. The minimum absolute atomic E-state index is 0.0258. The van der Waals surface area contributed by atoms with Crippen LogP contribution in [0.5, 0.6) is 0 Å². The zero-order valence-electron chi connectivity index (χ0n) is 12.2. The molecule has 1 aliphatic carbocycles. The Morgan fingerprint density at radius 2 is 2.05 bits per heavy atom. The van der Waals surface area contributed by atoms with Crippen LogP contribution in [0.25, 0.3) is 0 Å². The lowest BCUT2D eigenvalue weighted by Crippen LogP contribution is -2.50. The summed E-state index contributed by atoms with van der Waals surface area (Å²) < 4.78 is 1.00. The summed E-state index contributed by atoms with van der Waals surface area (Å²) in [5.41, 5.74) is 6.31. The lowest BCUT2D eigenvalue weighted by molar-refractivity contribution is -0.129. The van der Waals surface area contributed by atoms with Gasteiger partial charge in [0.2, 0.25) is 5.91 Å². The Bertz CT molecular complexity index is 541. The molecule has 3 N–H and O–H groups in total. The van der Waals surface area contributed by atoms with Crippen LogP contribution in [0.15, 0.2) is 28.7 Å². The third-order valence-electron chi connectivity index (χ3n) is 4.31. The number of rotatable bonds is 4. The van der Waals surface area contributed by atoms with E-state index in [0.717, 1.165) is 42.1 Å². The number of carbonyl (C=O) groups excluding carboxylic acids is 1. The number of thiocarbonyl (C=S) groups is 1. The maximum atomic E-state index is 12.7. The van der Waals surface area contributed by atoms with Gasteiger partial charge in [-0.15, -0.1) is 0 Å². The molecule has 0 saturated heterocycles. The zero-order valence-corrected chi connectivity index (χ0v) is 14.6. The lowest BCUT2D eigenvalue weighted by Gasteiger charge is -2.35. The summed E-state index contributed by atoms with van der Waals surface area (Å²) in [7, 11) is 0. The summed E-state index contributed by atoms with van der Waals surface area (Å²) >= 11 is 8.66. The van der Waals surface area contributed by atoms with E-state index in [4.69, 9.17) is 18.0 Å². The van der Waals surface area contributed by atoms with Gasteiger partial charge in [-0.05, 0) is 37.5 Å². The lowest BCUT2D eigenvalue weighted by atomic mass is 9.73. The molecular weight excluding hydrogens is 348 g/mol. The van der Waals surface area contributed by atoms with Gasteiger partial charge < -0.3 is 11.1 Å². The van der Waals surface area contributed by atoms with Gasteiger partial charge in [-0.1, -0.05) is 59.5 Å². The van der Waals surface area contributed by atoms with Crippen LogP contribution in [0.2, 0.25) is 0 Å². The number of halogens is 1. The first-order chi connectivity index (χ1) is 9.95. The van der Waals surface area contributed by atoms with Crippen molar-refractivity contribution in [2.24, 2.45) is 11.1 Å². The SMILES string of the molecule is CC(NC(=O)C1(C(N)=S)CCCCC1)c1cccc(Br)c1. The van der Waals surface area contributed by atoms with Gasteiger partial charge in [0, 0.05) is 4.47 Å². The highest BCUT2D eigenvalue weighted by molar-refractivity contribution is 9.10. The second-order valence-electron chi connectivity index (χ2n) is 5.76. The molecule has 114 valence electrons. The van der Waals surface area contributed by atoms with Crippen LogP contribution in [0.1, 0.15) is 50.6 Å². The smallest absolute Gasteiger partial charge is 0.233 e. The molecule has 2 rings (SSSR count). The third-order valence-corrected chi connectivity index (χ3v) is 5.19. The summed E-state index contributed by atoms with van der Waals surface area (Å²) in [6.45, 7) is 1.98. The van der Waals surface area contributed by atoms with Crippen LogP contribution >= 0.6 is 28.1 Å². The van der Waals surface area contributed by atoms with Crippen molar-refractivity contribution in [2.75, 3.05) is 0 Å². The molecule has 0 spiro atoms. The van der Waals surface area contributed by atoms with Crippen LogP contribution in [0.3, 0.4) is 0 Å². The minimum atomic E-state index is -0.659. The van der Waals surface area contributed by atoms with Gasteiger partial charge in [-0.25, -0.2) is 0 Å². The van der Waals surface area contributed by atoms with Gasteiger partial charge in [0.25, 0.3) is 0 Å². The van der Waals surface area contributed by atoms with Crippen molar-refractivity contribution in [3.05, 3.63) is 34.3 Å². The summed E-state index contributed by atoms with van der Waals surface area (Å²) in [6.07, 6.45) is 4.70. The molecule has 1 fully saturated rings. The molecule has 1 unspecified atom stereocenters. The Morgan fingerprint density at radius 1 is 1.38 bits per heavy atom. The number of benzene rings is 1. The average Bonchev–Trinajstić information content (AvgIpc) is 2.47. The largest absolute Gasteiger partial charge is 0.392 e. The topological polar surface area (TPSA) is 55.1 Å². The molecule has 0 bridgehead atoms. The van der Waals surface area contributed by atoms with E-state index in [1.165, 1.54) is 0 Å². The Balaban J connectivity index is 2.13. The fourth-order valence-corrected chi connectivity index (χ4v) is 3.65. The predicted octanol–water partition coefficient (Wildman–Crippen LogP) is 3.86. The predicted molar refractivity (Wildman–Crippen MR) is 93.0 cm³/mol. The zero-order chi connectivity index (χ0) is 15.5. The van der Waals surface area contributed by atoms with Crippen LogP contribution in [-0.4, -0.2) is 10.9 Å². The van der Waals surface area contributed by atoms with Crippen molar-refractivity contribution in [1.29, 1.82) is 0 Å². The molecule has 0 aliphatic heterocycles. The van der Waals surface area contributed by atoms with E-state index in [-0.39, 0.29) is 11.9 Å². The highest BCUT2D eigenvalue weighted by atomic mass is 79.9. The quantitative estimate of drug-likeness (QED) is 0.793. The molecule has 21 heavy (non-hydrogen) atoms. The summed E-state index contributed by atoms with van der Waals surface area (Å²) in [5.74, 6) is -0.0258. The van der Waals surface area contributed by atoms with Crippen molar-refractivity contribution in [1.82, 2.24) is 5.32 Å². The molecular formula is C16H21BrN2OS.